The van der Waals surface area contributed by atoms with Crippen LogP contribution in [0.15, 0.2) is 28.5 Å². The Labute approximate surface area is 99.4 Å². The van der Waals surface area contributed by atoms with E-state index in [-0.39, 0.29) is 0 Å². The van der Waals surface area contributed by atoms with E-state index in [2.05, 4.69) is 0 Å². The molecular formula is C10H14N2O2S2. The van der Waals surface area contributed by atoms with Crippen LogP contribution in [0.25, 0.3) is 0 Å². The van der Waals surface area contributed by atoms with E-state index in [4.69, 9.17) is 5.73 Å². The van der Waals surface area contributed by atoms with Crippen LogP contribution in [0.2, 0.25) is 0 Å². The first kappa shape index (κ1) is 11.8. The second-order valence-corrected chi connectivity index (χ2v) is 6.51. The fourth-order valence-corrected chi connectivity index (χ4v) is 4.14. The Morgan fingerprint density at radius 3 is 2.81 bits per heavy atom. The summed E-state index contributed by atoms with van der Waals surface area (Å²) in [6.07, 6.45) is 4.68. The maximum Gasteiger partial charge on any atom is 0.244 e. The van der Waals surface area contributed by atoms with Crippen LogP contribution >= 0.6 is 11.3 Å². The van der Waals surface area contributed by atoms with E-state index in [9.17, 15) is 8.42 Å². The van der Waals surface area contributed by atoms with Gasteiger partial charge in [0.25, 0.3) is 0 Å². The highest BCUT2D eigenvalue weighted by atomic mass is 32.2. The minimum atomic E-state index is -3.31. The summed E-state index contributed by atoms with van der Waals surface area (Å²) in [4.78, 5) is 1.26. The summed E-state index contributed by atoms with van der Waals surface area (Å²) in [5, 5.41) is 1.66. The van der Waals surface area contributed by atoms with Crippen LogP contribution in [0.5, 0.6) is 0 Å². The number of thiophene rings is 1. The van der Waals surface area contributed by atoms with Crippen molar-refractivity contribution in [2.45, 2.75) is 17.9 Å². The van der Waals surface area contributed by atoms with Gasteiger partial charge < -0.3 is 5.73 Å². The van der Waals surface area contributed by atoms with Crippen LogP contribution in [-0.4, -0.2) is 25.8 Å². The van der Waals surface area contributed by atoms with Crippen molar-refractivity contribution in [2.75, 3.05) is 13.1 Å². The Hall–Kier alpha value is -0.690. The van der Waals surface area contributed by atoms with E-state index in [0.717, 1.165) is 11.3 Å². The maximum atomic E-state index is 12.2. The second kappa shape index (κ2) is 4.67. The summed E-state index contributed by atoms with van der Waals surface area (Å²) in [5.74, 6) is 0. The quantitative estimate of drug-likeness (QED) is 0.827. The number of hydrogen-bond acceptors (Lipinski definition) is 4. The highest BCUT2D eigenvalue weighted by molar-refractivity contribution is 7.89. The van der Waals surface area contributed by atoms with Gasteiger partial charge >= 0.3 is 0 Å². The molecule has 0 aliphatic carbocycles. The summed E-state index contributed by atoms with van der Waals surface area (Å²) < 4.78 is 25.8. The summed E-state index contributed by atoms with van der Waals surface area (Å²) in [6, 6.07) is 1.66. The molecule has 0 bridgehead atoms. The van der Waals surface area contributed by atoms with Crippen molar-refractivity contribution < 1.29 is 8.42 Å². The molecule has 88 valence electrons. The number of nitrogens with zero attached hydrogens (tertiary/aromatic N) is 1. The molecule has 0 amide bonds. The highest BCUT2D eigenvalue weighted by Gasteiger charge is 2.25. The minimum Gasteiger partial charge on any atom is -0.326 e. The molecule has 0 spiro atoms. The molecule has 2 N–H and O–H groups in total. The van der Waals surface area contributed by atoms with Crippen LogP contribution in [0.1, 0.15) is 11.3 Å². The van der Waals surface area contributed by atoms with Gasteiger partial charge in [0, 0.05) is 29.9 Å². The van der Waals surface area contributed by atoms with Gasteiger partial charge in [0.05, 0.1) is 4.90 Å². The molecule has 0 unspecified atom stereocenters. The van der Waals surface area contributed by atoms with E-state index in [1.807, 2.05) is 12.2 Å². The average molecular weight is 258 g/mol. The van der Waals surface area contributed by atoms with Gasteiger partial charge in [-0.1, -0.05) is 12.2 Å². The predicted octanol–water partition coefficient (Wildman–Crippen LogP) is 1.16. The van der Waals surface area contributed by atoms with Crippen molar-refractivity contribution in [3.63, 3.8) is 0 Å². The van der Waals surface area contributed by atoms with Crippen molar-refractivity contribution in [1.29, 1.82) is 0 Å². The zero-order valence-corrected chi connectivity index (χ0v) is 10.4. The number of hydrogen-bond donors (Lipinski definition) is 1. The first-order valence-corrected chi connectivity index (χ1v) is 7.39. The zero-order chi connectivity index (χ0) is 11.6. The standard InChI is InChI=1S/C10H14N2O2S2/c11-7-9-6-10(8-15-9)16(13,14)12-4-2-1-3-5-12/h1-2,6,8H,3-5,7,11H2. The van der Waals surface area contributed by atoms with E-state index in [1.54, 1.807) is 11.4 Å². The largest absolute Gasteiger partial charge is 0.326 e. The van der Waals surface area contributed by atoms with Crippen molar-refractivity contribution in [3.8, 4) is 0 Å². The van der Waals surface area contributed by atoms with Crippen LogP contribution in [0, 0.1) is 0 Å². The molecule has 0 saturated carbocycles. The lowest BCUT2D eigenvalue weighted by atomic mass is 10.3. The predicted molar refractivity (Wildman–Crippen MR) is 64.7 cm³/mol. The molecule has 4 nitrogen and oxygen atoms in total. The van der Waals surface area contributed by atoms with Gasteiger partial charge in [-0.2, -0.15) is 4.31 Å². The Kier molecular flexibility index (Phi) is 3.44. The van der Waals surface area contributed by atoms with Crippen molar-refractivity contribution in [3.05, 3.63) is 28.5 Å². The Bertz CT molecular complexity index is 491. The van der Waals surface area contributed by atoms with Crippen molar-refractivity contribution in [2.24, 2.45) is 5.73 Å². The minimum absolute atomic E-state index is 0.369. The van der Waals surface area contributed by atoms with E-state index in [1.165, 1.54) is 15.6 Å². The molecule has 0 saturated heterocycles. The molecule has 2 rings (SSSR count). The van der Waals surface area contributed by atoms with Gasteiger partial charge in [-0.15, -0.1) is 11.3 Å². The van der Waals surface area contributed by atoms with Crippen LogP contribution < -0.4 is 5.73 Å². The van der Waals surface area contributed by atoms with Crippen LogP contribution in [0.4, 0.5) is 0 Å². The smallest absolute Gasteiger partial charge is 0.244 e. The van der Waals surface area contributed by atoms with Gasteiger partial charge in [-0.3, -0.25) is 0 Å². The molecule has 2 heterocycles. The SMILES string of the molecule is NCc1cc(S(=O)(=O)N2CC=CCC2)cs1. The highest BCUT2D eigenvalue weighted by Crippen LogP contribution is 2.23. The van der Waals surface area contributed by atoms with Crippen molar-refractivity contribution in [1.82, 2.24) is 4.31 Å². The molecule has 0 radical (unpaired) electrons. The van der Waals surface area contributed by atoms with E-state index in [0.29, 0.717) is 24.5 Å². The lowest BCUT2D eigenvalue weighted by Gasteiger charge is -2.21. The second-order valence-electron chi connectivity index (χ2n) is 3.58. The molecule has 0 atom stereocenters. The monoisotopic (exact) mass is 258 g/mol. The summed E-state index contributed by atoms with van der Waals surface area (Å²) in [5.41, 5.74) is 5.48. The van der Waals surface area contributed by atoms with E-state index < -0.39 is 10.0 Å². The van der Waals surface area contributed by atoms with E-state index >= 15 is 0 Å². The molecule has 6 heteroatoms. The van der Waals surface area contributed by atoms with Crippen LogP contribution in [0.3, 0.4) is 0 Å². The average Bonchev–Trinajstić information content (AvgIpc) is 2.79. The molecular weight excluding hydrogens is 244 g/mol. The molecule has 0 fully saturated rings. The van der Waals surface area contributed by atoms with Gasteiger partial charge in [-0.25, -0.2) is 8.42 Å². The van der Waals surface area contributed by atoms with Gasteiger partial charge in [0.15, 0.2) is 0 Å². The number of rotatable bonds is 3. The molecule has 1 aromatic rings. The first-order valence-electron chi connectivity index (χ1n) is 5.07. The zero-order valence-electron chi connectivity index (χ0n) is 8.80. The Morgan fingerprint density at radius 2 is 2.25 bits per heavy atom. The Balaban J connectivity index is 2.27. The lowest BCUT2D eigenvalue weighted by Crippen LogP contribution is -2.33. The molecule has 1 aliphatic heterocycles. The van der Waals surface area contributed by atoms with Crippen molar-refractivity contribution >= 4 is 21.4 Å². The molecule has 1 aliphatic rings. The summed E-state index contributed by atoms with van der Waals surface area (Å²) in [6.45, 7) is 1.42. The molecule has 0 aromatic carbocycles. The van der Waals surface area contributed by atoms with Gasteiger partial charge in [0.2, 0.25) is 10.0 Å². The fraction of sp³-hybridized carbons (Fsp3) is 0.400. The maximum absolute atomic E-state index is 12.2. The van der Waals surface area contributed by atoms with Crippen LogP contribution in [-0.2, 0) is 16.6 Å². The normalized spacial score (nSPS) is 17.8. The third-order valence-corrected chi connectivity index (χ3v) is 5.44. The lowest BCUT2D eigenvalue weighted by molar-refractivity contribution is 0.438. The summed E-state index contributed by atoms with van der Waals surface area (Å²) in [7, 11) is -3.31. The van der Waals surface area contributed by atoms with Gasteiger partial charge in [0.1, 0.15) is 0 Å². The third kappa shape index (κ3) is 2.20. The molecule has 16 heavy (non-hydrogen) atoms. The number of sulfonamides is 1. The Morgan fingerprint density at radius 1 is 1.44 bits per heavy atom. The summed E-state index contributed by atoms with van der Waals surface area (Å²) >= 11 is 1.39. The topological polar surface area (TPSA) is 63.4 Å². The van der Waals surface area contributed by atoms with Gasteiger partial charge in [-0.05, 0) is 12.5 Å². The fourth-order valence-electron chi connectivity index (χ4n) is 1.59. The molecule has 1 aromatic heterocycles. The third-order valence-electron chi connectivity index (χ3n) is 2.49. The number of nitrogens with two attached hydrogens (primary N) is 1. The first-order chi connectivity index (χ1) is 7.64.